The van der Waals surface area contributed by atoms with E-state index in [2.05, 4.69) is 67.5 Å². The third kappa shape index (κ3) is 2.18. The van der Waals surface area contributed by atoms with Crippen molar-refractivity contribution in [3.63, 3.8) is 0 Å². The van der Waals surface area contributed by atoms with Gasteiger partial charge >= 0.3 is 0 Å². The normalized spacial score (nSPS) is 11.0. The van der Waals surface area contributed by atoms with Crippen molar-refractivity contribution in [3.8, 4) is 11.1 Å². The first kappa shape index (κ1) is 14.8. The van der Waals surface area contributed by atoms with Crippen LogP contribution in [-0.4, -0.2) is 0 Å². The molecule has 0 nitrogen and oxygen atoms in total. The van der Waals surface area contributed by atoms with E-state index in [1.165, 1.54) is 55.6 Å². The Morgan fingerprint density at radius 1 is 0.450 bits per heavy atom. The van der Waals surface area contributed by atoms with Crippen LogP contribution in [-0.2, 0) is 0 Å². The van der Waals surface area contributed by atoms with Crippen molar-refractivity contribution in [1.29, 1.82) is 0 Å². The number of hydrogen-bond donors (Lipinski definition) is 0. The van der Waals surface area contributed by atoms with E-state index in [0.29, 0.717) is 0 Å². The van der Waals surface area contributed by atoms with Gasteiger partial charge in [-0.25, -0.2) is 0 Å². The summed E-state index contributed by atoms with van der Waals surface area (Å²) in [7, 11) is 0. The molecule has 0 N–H and O–H groups in total. The minimum absolute atomic E-state index is 1.38. The molecular formula is C20H26. The Morgan fingerprint density at radius 3 is 1.35 bits per heavy atom. The zero-order chi connectivity index (χ0) is 15.2. The summed E-state index contributed by atoms with van der Waals surface area (Å²) in [6.45, 7) is 17.9. The maximum atomic E-state index is 2.36. The van der Waals surface area contributed by atoms with Crippen molar-refractivity contribution >= 4 is 0 Å². The van der Waals surface area contributed by atoms with E-state index in [1.54, 1.807) is 0 Å². The van der Waals surface area contributed by atoms with Gasteiger partial charge in [0.15, 0.2) is 0 Å². The molecule has 0 radical (unpaired) electrons. The molecule has 2 rings (SSSR count). The summed E-state index contributed by atoms with van der Waals surface area (Å²) in [6.07, 6.45) is 0. The third-order valence-corrected chi connectivity index (χ3v) is 5.11. The predicted octanol–water partition coefficient (Wildman–Crippen LogP) is 5.82. The van der Waals surface area contributed by atoms with E-state index in [4.69, 9.17) is 0 Å². The van der Waals surface area contributed by atoms with Gasteiger partial charge in [-0.2, -0.15) is 0 Å². The molecule has 0 aliphatic rings. The van der Waals surface area contributed by atoms with Crippen LogP contribution in [0.3, 0.4) is 0 Å². The highest BCUT2D eigenvalue weighted by Gasteiger charge is 2.15. The number of rotatable bonds is 1. The van der Waals surface area contributed by atoms with Crippen LogP contribution in [0.15, 0.2) is 12.1 Å². The Morgan fingerprint density at radius 2 is 0.850 bits per heavy atom. The van der Waals surface area contributed by atoms with Crippen LogP contribution in [0.1, 0.15) is 44.5 Å². The van der Waals surface area contributed by atoms with Crippen LogP contribution in [0.2, 0.25) is 0 Å². The van der Waals surface area contributed by atoms with E-state index in [0.717, 1.165) is 0 Å². The maximum Gasteiger partial charge on any atom is -0.0117 e. The van der Waals surface area contributed by atoms with E-state index < -0.39 is 0 Å². The maximum absolute atomic E-state index is 2.36. The van der Waals surface area contributed by atoms with Crippen LogP contribution in [0, 0.1) is 55.4 Å². The fourth-order valence-corrected chi connectivity index (χ4v) is 3.13. The second-order valence-electron chi connectivity index (χ2n) is 6.25. The molecule has 0 atom stereocenters. The topological polar surface area (TPSA) is 0 Å². The van der Waals surface area contributed by atoms with Crippen molar-refractivity contribution in [2.24, 2.45) is 0 Å². The molecule has 0 bridgehead atoms. The zero-order valence-corrected chi connectivity index (χ0v) is 14.2. The lowest BCUT2D eigenvalue weighted by molar-refractivity contribution is 1.17. The second-order valence-corrected chi connectivity index (χ2v) is 6.25. The molecule has 20 heavy (non-hydrogen) atoms. The first-order valence-electron chi connectivity index (χ1n) is 7.40. The lowest BCUT2D eigenvalue weighted by Gasteiger charge is -2.21. The molecule has 106 valence electrons. The van der Waals surface area contributed by atoms with Crippen molar-refractivity contribution in [3.05, 3.63) is 56.6 Å². The van der Waals surface area contributed by atoms with Gasteiger partial charge in [0.05, 0.1) is 0 Å². The standard InChI is InChI=1S/C20H26/c1-11-9-13(3)19(10-12(11)2)20-17(7)15(5)14(4)16(6)18(20)8/h9-10H,1-8H3. The molecule has 0 saturated heterocycles. The van der Waals surface area contributed by atoms with Crippen LogP contribution in [0.5, 0.6) is 0 Å². The highest BCUT2D eigenvalue weighted by molar-refractivity contribution is 5.77. The van der Waals surface area contributed by atoms with Crippen LogP contribution < -0.4 is 0 Å². The highest BCUT2D eigenvalue weighted by atomic mass is 14.2. The van der Waals surface area contributed by atoms with Gasteiger partial charge in [0, 0.05) is 0 Å². The summed E-state index contributed by atoms with van der Waals surface area (Å²) in [6, 6.07) is 4.67. The van der Waals surface area contributed by atoms with Gasteiger partial charge in [-0.3, -0.25) is 0 Å². The van der Waals surface area contributed by atoms with Gasteiger partial charge in [0.1, 0.15) is 0 Å². The van der Waals surface area contributed by atoms with Crippen molar-refractivity contribution in [2.45, 2.75) is 55.4 Å². The van der Waals surface area contributed by atoms with E-state index in [9.17, 15) is 0 Å². The van der Waals surface area contributed by atoms with Gasteiger partial charge in [0.2, 0.25) is 0 Å². The predicted molar refractivity (Wildman–Crippen MR) is 89.8 cm³/mol. The second kappa shape index (κ2) is 5.09. The summed E-state index contributed by atoms with van der Waals surface area (Å²) >= 11 is 0. The molecule has 0 heteroatoms. The molecule has 0 heterocycles. The zero-order valence-electron chi connectivity index (χ0n) is 14.2. The monoisotopic (exact) mass is 266 g/mol. The summed E-state index contributed by atoms with van der Waals surface area (Å²) in [5.74, 6) is 0. The highest BCUT2D eigenvalue weighted by Crippen LogP contribution is 2.36. The van der Waals surface area contributed by atoms with Crippen LogP contribution in [0.4, 0.5) is 0 Å². The molecule has 0 aliphatic carbocycles. The number of hydrogen-bond acceptors (Lipinski definition) is 0. The Balaban J connectivity index is 2.87. The average Bonchev–Trinajstić information content (AvgIpc) is 2.40. The summed E-state index contributed by atoms with van der Waals surface area (Å²) in [5, 5.41) is 0. The summed E-state index contributed by atoms with van der Waals surface area (Å²) < 4.78 is 0. The minimum atomic E-state index is 1.38. The van der Waals surface area contributed by atoms with Gasteiger partial charge in [-0.1, -0.05) is 12.1 Å². The van der Waals surface area contributed by atoms with Gasteiger partial charge < -0.3 is 0 Å². The quantitative estimate of drug-likeness (QED) is 0.610. The van der Waals surface area contributed by atoms with Crippen molar-refractivity contribution < 1.29 is 0 Å². The SMILES string of the molecule is Cc1cc(C)c(-c2c(C)c(C)c(C)c(C)c2C)cc1C. The van der Waals surface area contributed by atoms with E-state index >= 15 is 0 Å². The summed E-state index contributed by atoms with van der Waals surface area (Å²) in [4.78, 5) is 0. The fraction of sp³-hybridized carbons (Fsp3) is 0.400. The van der Waals surface area contributed by atoms with Crippen LogP contribution >= 0.6 is 0 Å². The van der Waals surface area contributed by atoms with Gasteiger partial charge in [0.25, 0.3) is 0 Å². The van der Waals surface area contributed by atoms with Gasteiger partial charge in [-0.05, 0) is 111 Å². The van der Waals surface area contributed by atoms with E-state index in [-0.39, 0.29) is 0 Å². The van der Waals surface area contributed by atoms with Crippen molar-refractivity contribution in [2.75, 3.05) is 0 Å². The fourth-order valence-electron chi connectivity index (χ4n) is 3.13. The van der Waals surface area contributed by atoms with Gasteiger partial charge in [-0.15, -0.1) is 0 Å². The molecular weight excluding hydrogens is 240 g/mol. The molecule has 0 unspecified atom stereocenters. The molecule has 0 aliphatic heterocycles. The first-order valence-corrected chi connectivity index (χ1v) is 7.40. The van der Waals surface area contributed by atoms with Crippen molar-refractivity contribution in [1.82, 2.24) is 0 Å². The Bertz CT molecular complexity index is 659. The minimum Gasteiger partial charge on any atom is -0.0555 e. The van der Waals surface area contributed by atoms with E-state index in [1.807, 2.05) is 0 Å². The molecule has 2 aromatic carbocycles. The molecule has 0 aromatic heterocycles. The largest absolute Gasteiger partial charge is 0.0555 e. The Hall–Kier alpha value is -1.56. The average molecular weight is 266 g/mol. The lowest BCUT2D eigenvalue weighted by atomic mass is 9.84. The first-order chi connectivity index (χ1) is 9.25. The smallest absolute Gasteiger partial charge is 0.0117 e. The summed E-state index contributed by atoms with van der Waals surface area (Å²) in [5.41, 5.74) is 14.1. The molecule has 0 spiro atoms. The Kier molecular flexibility index (Phi) is 3.77. The molecule has 0 saturated carbocycles. The third-order valence-electron chi connectivity index (χ3n) is 5.11. The molecule has 0 amide bonds. The van der Waals surface area contributed by atoms with Crippen LogP contribution in [0.25, 0.3) is 11.1 Å². The lowest BCUT2D eigenvalue weighted by Crippen LogP contribution is -2.01. The number of benzene rings is 2. The molecule has 0 fully saturated rings. The number of aryl methyl sites for hydroxylation is 3. The Labute approximate surface area is 123 Å². The molecule has 2 aromatic rings.